The molecular formula is C14H22O3. The lowest BCUT2D eigenvalue weighted by atomic mass is 9.53. The molecule has 3 heteroatoms. The molecule has 96 valence electrons. The van der Waals surface area contributed by atoms with Crippen LogP contribution in [0, 0.1) is 17.3 Å². The highest BCUT2D eigenvalue weighted by molar-refractivity contribution is 5.83. The van der Waals surface area contributed by atoms with Crippen molar-refractivity contribution in [2.45, 2.75) is 64.3 Å². The van der Waals surface area contributed by atoms with Gasteiger partial charge in [0.25, 0.3) is 0 Å². The standard InChI is InChI=1S/C14H22O3/c1-13(2)7-8-9(13)4-5-14(3)12(17-14)11(16)6-10(8)15/h8-9,11-12,16H,4-7H2,1-3H3. The topological polar surface area (TPSA) is 49.8 Å². The van der Waals surface area contributed by atoms with Gasteiger partial charge in [-0.25, -0.2) is 0 Å². The van der Waals surface area contributed by atoms with Crippen LogP contribution in [0.3, 0.4) is 0 Å². The average molecular weight is 238 g/mol. The van der Waals surface area contributed by atoms with Crippen molar-refractivity contribution in [3.63, 3.8) is 0 Å². The summed E-state index contributed by atoms with van der Waals surface area (Å²) in [5.74, 6) is 0.935. The van der Waals surface area contributed by atoms with E-state index in [1.54, 1.807) is 0 Å². The molecule has 0 aromatic rings. The summed E-state index contributed by atoms with van der Waals surface area (Å²) in [6.45, 7) is 6.57. The van der Waals surface area contributed by atoms with Crippen LogP contribution >= 0.6 is 0 Å². The molecule has 0 radical (unpaired) electrons. The molecule has 2 aliphatic carbocycles. The van der Waals surface area contributed by atoms with Crippen molar-refractivity contribution in [2.24, 2.45) is 17.3 Å². The number of carbonyl (C=O) groups excluding carboxylic acids is 1. The Morgan fingerprint density at radius 2 is 2.06 bits per heavy atom. The fraction of sp³-hybridized carbons (Fsp3) is 0.929. The van der Waals surface area contributed by atoms with Crippen LogP contribution in [0.25, 0.3) is 0 Å². The predicted octanol–water partition coefficient (Wildman–Crippen LogP) is 1.92. The van der Waals surface area contributed by atoms with Crippen LogP contribution in [0.15, 0.2) is 0 Å². The van der Waals surface area contributed by atoms with Crippen LogP contribution in [0.4, 0.5) is 0 Å². The van der Waals surface area contributed by atoms with E-state index < -0.39 is 6.10 Å². The minimum atomic E-state index is -0.588. The van der Waals surface area contributed by atoms with E-state index in [2.05, 4.69) is 20.8 Å². The highest BCUT2D eigenvalue weighted by Gasteiger charge is 2.60. The van der Waals surface area contributed by atoms with Crippen molar-refractivity contribution >= 4 is 5.78 Å². The molecule has 17 heavy (non-hydrogen) atoms. The molecule has 1 aliphatic heterocycles. The number of aliphatic hydroxyl groups excluding tert-OH is 1. The quantitative estimate of drug-likeness (QED) is 0.656. The maximum absolute atomic E-state index is 12.1. The van der Waals surface area contributed by atoms with Gasteiger partial charge in [-0.3, -0.25) is 4.79 Å². The molecule has 3 fully saturated rings. The van der Waals surface area contributed by atoms with Gasteiger partial charge >= 0.3 is 0 Å². The second-order valence-corrected chi connectivity index (χ2v) is 7.03. The predicted molar refractivity (Wildman–Crippen MR) is 63.5 cm³/mol. The summed E-state index contributed by atoms with van der Waals surface area (Å²) in [7, 11) is 0. The number of Topliss-reactive ketones (excluding diaryl/α,β-unsaturated/α-hetero) is 1. The van der Waals surface area contributed by atoms with Crippen LogP contribution in [0.1, 0.15) is 46.5 Å². The molecule has 0 bridgehead atoms. The molecule has 3 rings (SSSR count). The monoisotopic (exact) mass is 238 g/mol. The third-order valence-corrected chi connectivity index (χ3v) is 5.30. The lowest BCUT2D eigenvalue weighted by molar-refractivity contribution is -0.139. The summed E-state index contributed by atoms with van der Waals surface area (Å²) < 4.78 is 5.62. The van der Waals surface area contributed by atoms with Crippen molar-refractivity contribution in [1.29, 1.82) is 0 Å². The van der Waals surface area contributed by atoms with Gasteiger partial charge in [-0.1, -0.05) is 13.8 Å². The Morgan fingerprint density at radius 3 is 2.71 bits per heavy atom. The zero-order valence-electron chi connectivity index (χ0n) is 10.9. The van der Waals surface area contributed by atoms with E-state index in [1.807, 2.05) is 0 Å². The normalized spacial score (nSPS) is 52.4. The number of ether oxygens (including phenoxy) is 1. The molecular weight excluding hydrogens is 216 g/mol. The van der Waals surface area contributed by atoms with Crippen molar-refractivity contribution in [3.05, 3.63) is 0 Å². The second kappa shape index (κ2) is 3.33. The van der Waals surface area contributed by atoms with E-state index in [9.17, 15) is 9.90 Å². The average Bonchev–Trinajstić information content (AvgIpc) is 2.86. The Hall–Kier alpha value is -0.410. The molecule has 0 amide bonds. The Morgan fingerprint density at radius 1 is 1.35 bits per heavy atom. The second-order valence-electron chi connectivity index (χ2n) is 7.03. The number of hydrogen-bond acceptors (Lipinski definition) is 3. The molecule has 1 N–H and O–H groups in total. The van der Waals surface area contributed by atoms with E-state index in [0.717, 1.165) is 19.3 Å². The van der Waals surface area contributed by atoms with Gasteiger partial charge in [0.2, 0.25) is 0 Å². The molecule has 5 unspecified atom stereocenters. The highest BCUT2D eigenvalue weighted by atomic mass is 16.6. The minimum absolute atomic E-state index is 0.105. The number of carbonyl (C=O) groups is 1. The van der Waals surface area contributed by atoms with Crippen molar-refractivity contribution in [1.82, 2.24) is 0 Å². The Labute approximate surface area is 103 Å². The summed E-state index contributed by atoms with van der Waals surface area (Å²) in [6, 6.07) is 0. The fourth-order valence-corrected chi connectivity index (χ4v) is 4.02. The molecule has 0 spiro atoms. The van der Waals surface area contributed by atoms with Gasteiger partial charge in [-0.05, 0) is 37.5 Å². The van der Waals surface area contributed by atoms with Crippen molar-refractivity contribution in [3.8, 4) is 0 Å². The van der Waals surface area contributed by atoms with Gasteiger partial charge in [-0.15, -0.1) is 0 Å². The van der Waals surface area contributed by atoms with Crippen LogP contribution in [-0.4, -0.2) is 28.7 Å². The smallest absolute Gasteiger partial charge is 0.138 e. The molecule has 1 heterocycles. The Balaban J connectivity index is 1.81. The van der Waals surface area contributed by atoms with E-state index in [1.165, 1.54) is 0 Å². The summed E-state index contributed by atoms with van der Waals surface area (Å²) in [5.41, 5.74) is 0.122. The molecule has 3 aliphatic rings. The van der Waals surface area contributed by atoms with Crippen LogP contribution in [-0.2, 0) is 9.53 Å². The van der Waals surface area contributed by atoms with Gasteiger partial charge in [0.05, 0.1) is 11.7 Å². The van der Waals surface area contributed by atoms with E-state index in [-0.39, 0.29) is 35.2 Å². The van der Waals surface area contributed by atoms with E-state index in [0.29, 0.717) is 5.92 Å². The number of ketones is 1. The summed E-state index contributed by atoms with van der Waals surface area (Å²) in [4.78, 5) is 12.1. The van der Waals surface area contributed by atoms with Gasteiger partial charge < -0.3 is 9.84 Å². The van der Waals surface area contributed by atoms with Crippen LogP contribution < -0.4 is 0 Å². The van der Waals surface area contributed by atoms with E-state index in [4.69, 9.17) is 4.74 Å². The van der Waals surface area contributed by atoms with Crippen molar-refractivity contribution in [2.75, 3.05) is 0 Å². The molecule has 2 saturated carbocycles. The first-order chi connectivity index (χ1) is 7.83. The molecule has 0 aromatic heterocycles. The Bertz CT molecular complexity index is 362. The first-order valence-electron chi connectivity index (χ1n) is 6.72. The maximum atomic E-state index is 12.1. The summed E-state index contributed by atoms with van der Waals surface area (Å²) in [5, 5.41) is 10.00. The number of epoxide rings is 1. The third kappa shape index (κ3) is 1.66. The highest BCUT2D eigenvalue weighted by Crippen LogP contribution is 2.57. The zero-order valence-corrected chi connectivity index (χ0v) is 10.9. The number of hydrogen-bond donors (Lipinski definition) is 1. The van der Waals surface area contributed by atoms with Crippen LogP contribution in [0.5, 0.6) is 0 Å². The van der Waals surface area contributed by atoms with Gasteiger partial charge in [0.15, 0.2) is 0 Å². The van der Waals surface area contributed by atoms with E-state index >= 15 is 0 Å². The minimum Gasteiger partial charge on any atom is -0.390 e. The SMILES string of the molecule is CC1(C)CC2C(=O)CC(O)C3OC3(C)CCC21. The maximum Gasteiger partial charge on any atom is 0.138 e. The van der Waals surface area contributed by atoms with Crippen molar-refractivity contribution < 1.29 is 14.6 Å². The molecule has 0 aromatic carbocycles. The largest absolute Gasteiger partial charge is 0.390 e. The number of fused-ring (bicyclic) bond motifs is 2. The Kier molecular flexibility index (Phi) is 2.28. The lowest BCUT2D eigenvalue weighted by Gasteiger charge is -2.51. The number of aliphatic hydroxyl groups is 1. The summed E-state index contributed by atoms with van der Waals surface area (Å²) in [6.07, 6.45) is 2.63. The first kappa shape index (κ1) is 11.7. The molecule has 5 atom stereocenters. The van der Waals surface area contributed by atoms with Gasteiger partial charge in [0, 0.05) is 12.3 Å². The first-order valence-corrected chi connectivity index (χ1v) is 6.72. The summed E-state index contributed by atoms with van der Waals surface area (Å²) >= 11 is 0. The van der Waals surface area contributed by atoms with Crippen LogP contribution in [0.2, 0.25) is 0 Å². The van der Waals surface area contributed by atoms with Gasteiger partial charge in [0.1, 0.15) is 11.9 Å². The number of rotatable bonds is 0. The zero-order chi connectivity index (χ0) is 12.4. The van der Waals surface area contributed by atoms with Gasteiger partial charge in [-0.2, -0.15) is 0 Å². The fourth-order valence-electron chi connectivity index (χ4n) is 4.02. The molecule has 1 saturated heterocycles. The lowest BCUT2D eigenvalue weighted by Crippen LogP contribution is -2.48. The molecule has 3 nitrogen and oxygen atoms in total. The third-order valence-electron chi connectivity index (χ3n) is 5.30.